The van der Waals surface area contributed by atoms with Crippen molar-refractivity contribution in [3.05, 3.63) is 0 Å². The molecule has 0 radical (unpaired) electrons. The summed E-state index contributed by atoms with van der Waals surface area (Å²) in [7, 11) is 0. The summed E-state index contributed by atoms with van der Waals surface area (Å²) in [6, 6.07) is 0. The molecule has 0 saturated carbocycles. The van der Waals surface area contributed by atoms with Crippen molar-refractivity contribution in [3.63, 3.8) is 0 Å². The van der Waals surface area contributed by atoms with Gasteiger partial charge in [-0.1, -0.05) is 0 Å². The summed E-state index contributed by atoms with van der Waals surface area (Å²) in [5.41, 5.74) is 0. The molecule has 1 fully saturated rings. The maximum Gasteiger partial charge on any atom is 0.0908 e. The predicted molar refractivity (Wildman–Crippen MR) is 35.5 cm³/mol. The maximum atomic E-state index is 5.56. The molecule has 1 saturated heterocycles. The van der Waals surface area contributed by atoms with Crippen molar-refractivity contribution in [2.24, 2.45) is 0 Å². The van der Waals surface area contributed by atoms with E-state index in [4.69, 9.17) is 11.6 Å². The lowest BCUT2D eigenvalue weighted by atomic mass is 10.4. The standard InChI is InChI=1S/C6H12ClN.BrH/c7-3-6-8-4-1-2-5-8;/h1-6H2;1H. The molecule has 0 aromatic rings. The molecule has 56 valence electrons. The van der Waals surface area contributed by atoms with E-state index >= 15 is 0 Å². The molecule has 1 N–H and O–H groups in total. The van der Waals surface area contributed by atoms with Crippen LogP contribution < -0.4 is 21.9 Å². The lowest BCUT2D eigenvalue weighted by Crippen LogP contribution is -3.10. The van der Waals surface area contributed by atoms with Crippen LogP contribution in [-0.2, 0) is 0 Å². The molecule has 0 atom stereocenters. The molecular formula is C6H13BrClN. The molecule has 1 rings (SSSR count). The van der Waals surface area contributed by atoms with Crippen LogP contribution in [-0.4, -0.2) is 25.5 Å². The third kappa shape index (κ3) is 3.43. The van der Waals surface area contributed by atoms with E-state index in [2.05, 4.69) is 0 Å². The highest BCUT2D eigenvalue weighted by atomic mass is 79.9. The van der Waals surface area contributed by atoms with E-state index in [0.717, 1.165) is 5.88 Å². The van der Waals surface area contributed by atoms with Gasteiger partial charge in [-0.2, -0.15) is 0 Å². The fourth-order valence-electron chi connectivity index (χ4n) is 1.26. The quantitative estimate of drug-likeness (QED) is 0.465. The Morgan fingerprint density at radius 3 is 2.22 bits per heavy atom. The maximum absolute atomic E-state index is 5.56. The molecule has 0 unspecified atom stereocenters. The summed E-state index contributed by atoms with van der Waals surface area (Å²) in [5.74, 6) is 0.829. The summed E-state index contributed by atoms with van der Waals surface area (Å²) in [6.07, 6.45) is 2.82. The van der Waals surface area contributed by atoms with Gasteiger partial charge in [0, 0.05) is 12.8 Å². The third-order valence-corrected chi connectivity index (χ3v) is 1.95. The van der Waals surface area contributed by atoms with Gasteiger partial charge in [0.25, 0.3) is 0 Å². The normalized spacial score (nSPS) is 19.7. The van der Waals surface area contributed by atoms with Gasteiger partial charge in [0.15, 0.2) is 0 Å². The number of hydrogen-bond acceptors (Lipinski definition) is 0. The Morgan fingerprint density at radius 1 is 1.22 bits per heavy atom. The number of quaternary nitrogens is 1. The van der Waals surface area contributed by atoms with Crippen LogP contribution in [0.15, 0.2) is 0 Å². The van der Waals surface area contributed by atoms with Crippen LogP contribution in [0.4, 0.5) is 0 Å². The number of nitrogens with one attached hydrogen (secondary N) is 1. The van der Waals surface area contributed by atoms with E-state index in [0.29, 0.717) is 0 Å². The van der Waals surface area contributed by atoms with Crippen LogP contribution in [0.1, 0.15) is 12.8 Å². The number of halogens is 2. The SMILES string of the molecule is ClCC[NH+]1CCCC1.[Br-]. The fraction of sp³-hybridized carbons (Fsp3) is 1.00. The second-order valence-electron chi connectivity index (χ2n) is 2.40. The van der Waals surface area contributed by atoms with E-state index in [-0.39, 0.29) is 17.0 Å². The van der Waals surface area contributed by atoms with Gasteiger partial charge >= 0.3 is 0 Å². The molecule has 0 aromatic carbocycles. The van der Waals surface area contributed by atoms with Gasteiger partial charge in [-0.15, -0.1) is 11.6 Å². The molecule has 9 heavy (non-hydrogen) atoms. The Bertz CT molecular complexity index is 64.1. The number of rotatable bonds is 2. The minimum absolute atomic E-state index is 0. The molecule has 0 spiro atoms. The van der Waals surface area contributed by atoms with Crippen LogP contribution in [0.25, 0.3) is 0 Å². The number of hydrogen-bond donors (Lipinski definition) is 1. The van der Waals surface area contributed by atoms with Crippen molar-refractivity contribution < 1.29 is 21.9 Å². The first-order chi connectivity index (χ1) is 3.93. The van der Waals surface area contributed by atoms with Gasteiger partial charge in [-0.3, -0.25) is 0 Å². The van der Waals surface area contributed by atoms with Gasteiger partial charge in [0.05, 0.1) is 25.5 Å². The van der Waals surface area contributed by atoms with Crippen LogP contribution in [0.2, 0.25) is 0 Å². The highest BCUT2D eigenvalue weighted by molar-refractivity contribution is 6.17. The molecular weight excluding hydrogens is 201 g/mol. The highest BCUT2D eigenvalue weighted by Gasteiger charge is 2.12. The minimum atomic E-state index is 0. The van der Waals surface area contributed by atoms with E-state index in [1.165, 1.54) is 32.5 Å². The Kier molecular flexibility index (Phi) is 5.96. The molecule has 1 aliphatic heterocycles. The smallest absolute Gasteiger partial charge is 0.0908 e. The zero-order valence-electron chi connectivity index (χ0n) is 5.50. The molecule has 1 nitrogen and oxygen atoms in total. The Balaban J connectivity index is 0.000000640. The summed E-state index contributed by atoms with van der Waals surface area (Å²) in [5, 5.41) is 0. The third-order valence-electron chi connectivity index (χ3n) is 1.76. The van der Waals surface area contributed by atoms with E-state index < -0.39 is 0 Å². The fourth-order valence-corrected chi connectivity index (χ4v) is 1.53. The van der Waals surface area contributed by atoms with Crippen LogP contribution in [0.3, 0.4) is 0 Å². The van der Waals surface area contributed by atoms with Gasteiger partial charge in [0.1, 0.15) is 0 Å². The Hall–Kier alpha value is 0.730. The summed E-state index contributed by atoms with van der Waals surface area (Å²) in [6.45, 7) is 3.88. The van der Waals surface area contributed by atoms with Crippen molar-refractivity contribution in [1.29, 1.82) is 0 Å². The van der Waals surface area contributed by atoms with Gasteiger partial charge in [0.2, 0.25) is 0 Å². The monoisotopic (exact) mass is 213 g/mol. The highest BCUT2D eigenvalue weighted by Crippen LogP contribution is 1.86. The molecule has 1 heterocycles. The zero-order chi connectivity index (χ0) is 5.82. The second-order valence-corrected chi connectivity index (χ2v) is 2.77. The first-order valence-corrected chi connectivity index (χ1v) is 3.86. The first-order valence-electron chi connectivity index (χ1n) is 3.33. The van der Waals surface area contributed by atoms with Gasteiger partial charge in [-0.25, -0.2) is 0 Å². The average molecular weight is 215 g/mol. The lowest BCUT2D eigenvalue weighted by molar-refractivity contribution is -0.884. The number of likely N-dealkylation sites (tertiary alicyclic amines) is 1. The molecule has 0 bridgehead atoms. The number of alkyl halides is 1. The largest absolute Gasteiger partial charge is 1.00 e. The topological polar surface area (TPSA) is 4.44 Å². The molecule has 0 aliphatic carbocycles. The van der Waals surface area contributed by atoms with Crippen molar-refractivity contribution in [1.82, 2.24) is 0 Å². The van der Waals surface area contributed by atoms with E-state index in [1.807, 2.05) is 0 Å². The van der Waals surface area contributed by atoms with Crippen LogP contribution in [0.5, 0.6) is 0 Å². The van der Waals surface area contributed by atoms with E-state index in [9.17, 15) is 0 Å². The van der Waals surface area contributed by atoms with Crippen molar-refractivity contribution >= 4 is 11.6 Å². The minimum Gasteiger partial charge on any atom is -1.00 e. The van der Waals surface area contributed by atoms with Gasteiger partial charge < -0.3 is 21.9 Å². The first kappa shape index (κ1) is 9.73. The molecule has 0 amide bonds. The van der Waals surface area contributed by atoms with E-state index in [1.54, 1.807) is 4.90 Å². The molecule has 0 aromatic heterocycles. The second kappa shape index (κ2) is 5.51. The van der Waals surface area contributed by atoms with Crippen molar-refractivity contribution in [2.75, 3.05) is 25.5 Å². The summed E-state index contributed by atoms with van der Waals surface area (Å²) >= 11 is 5.56. The lowest BCUT2D eigenvalue weighted by Gasteiger charge is -2.07. The summed E-state index contributed by atoms with van der Waals surface area (Å²) in [4.78, 5) is 1.69. The van der Waals surface area contributed by atoms with Crippen LogP contribution >= 0.6 is 11.6 Å². The van der Waals surface area contributed by atoms with Crippen molar-refractivity contribution in [2.45, 2.75) is 12.8 Å². The predicted octanol–water partition coefficient (Wildman–Crippen LogP) is -3.09. The van der Waals surface area contributed by atoms with Crippen molar-refractivity contribution in [3.8, 4) is 0 Å². The molecule has 1 aliphatic rings. The Labute approximate surface area is 72.1 Å². The zero-order valence-corrected chi connectivity index (χ0v) is 7.84. The Morgan fingerprint density at radius 2 is 1.78 bits per heavy atom. The molecule has 3 heteroatoms. The van der Waals surface area contributed by atoms with Gasteiger partial charge in [-0.05, 0) is 0 Å². The summed E-state index contributed by atoms with van der Waals surface area (Å²) < 4.78 is 0. The average Bonchev–Trinajstić information content (AvgIpc) is 2.19. The van der Waals surface area contributed by atoms with Crippen LogP contribution in [0, 0.1) is 0 Å².